The largest absolute Gasteiger partial charge is 0.485 e. The van der Waals surface area contributed by atoms with Gasteiger partial charge in [-0.15, -0.1) is 0 Å². The van der Waals surface area contributed by atoms with Crippen molar-refractivity contribution in [1.29, 1.82) is 0 Å². The predicted octanol–water partition coefficient (Wildman–Crippen LogP) is 3.25. The van der Waals surface area contributed by atoms with Gasteiger partial charge >= 0.3 is 0 Å². The Kier molecular flexibility index (Phi) is 4.24. The monoisotopic (exact) mass is 257 g/mol. The summed E-state index contributed by atoms with van der Waals surface area (Å²) in [6.45, 7) is 4.00. The molecule has 94 valence electrons. The maximum atomic E-state index is 13.6. The van der Waals surface area contributed by atoms with Crippen molar-refractivity contribution in [3.63, 3.8) is 0 Å². The van der Waals surface area contributed by atoms with Crippen LogP contribution in [0.5, 0.6) is 5.75 Å². The molecule has 0 bridgehead atoms. The van der Waals surface area contributed by atoms with Gasteiger partial charge in [0.15, 0.2) is 11.6 Å². The Morgan fingerprint density at radius 3 is 3.00 bits per heavy atom. The average Bonchev–Trinajstić information content (AvgIpc) is 2.82. The minimum absolute atomic E-state index is 0.0272. The molecule has 4 heteroatoms. The van der Waals surface area contributed by atoms with Gasteiger partial charge in [-0.25, -0.2) is 4.39 Å². The van der Waals surface area contributed by atoms with Crippen molar-refractivity contribution in [3.8, 4) is 5.75 Å². The average molecular weight is 258 g/mol. The zero-order valence-electron chi connectivity index (χ0n) is 9.88. The van der Waals surface area contributed by atoms with Crippen LogP contribution in [0, 0.1) is 11.7 Å². The molecular formula is C13H17ClFNO. The van der Waals surface area contributed by atoms with Crippen LogP contribution in [0.2, 0.25) is 5.02 Å². The zero-order valence-corrected chi connectivity index (χ0v) is 10.6. The fourth-order valence-electron chi connectivity index (χ4n) is 2.25. The van der Waals surface area contributed by atoms with Gasteiger partial charge in [0.25, 0.3) is 0 Å². The topological polar surface area (TPSA) is 21.3 Å². The third kappa shape index (κ3) is 2.90. The quantitative estimate of drug-likeness (QED) is 0.894. The zero-order chi connectivity index (χ0) is 12.3. The predicted molar refractivity (Wildman–Crippen MR) is 67.1 cm³/mol. The van der Waals surface area contributed by atoms with Gasteiger partial charge < -0.3 is 10.1 Å². The van der Waals surface area contributed by atoms with Gasteiger partial charge in [-0.3, -0.25) is 0 Å². The molecule has 0 radical (unpaired) electrons. The minimum atomic E-state index is -0.387. The number of ether oxygens (including phenoxy) is 1. The highest BCUT2D eigenvalue weighted by atomic mass is 35.5. The molecule has 0 saturated carbocycles. The summed E-state index contributed by atoms with van der Waals surface area (Å²) in [5.41, 5.74) is 0. The molecule has 0 aromatic heterocycles. The molecular weight excluding hydrogens is 241 g/mol. The summed E-state index contributed by atoms with van der Waals surface area (Å²) in [4.78, 5) is 0. The summed E-state index contributed by atoms with van der Waals surface area (Å²) in [5, 5.41) is 3.64. The van der Waals surface area contributed by atoms with Crippen LogP contribution in [0.3, 0.4) is 0 Å². The normalized spacial score (nSPS) is 21.5. The number of nitrogens with one attached hydrogen (secondary N) is 1. The summed E-state index contributed by atoms with van der Waals surface area (Å²) in [5.74, 6) is 0.241. The van der Waals surface area contributed by atoms with E-state index in [2.05, 4.69) is 12.2 Å². The van der Waals surface area contributed by atoms with Crippen molar-refractivity contribution in [3.05, 3.63) is 29.0 Å². The van der Waals surface area contributed by atoms with E-state index in [0.29, 0.717) is 10.9 Å². The molecule has 1 aliphatic heterocycles. The Labute approximate surface area is 106 Å². The van der Waals surface area contributed by atoms with E-state index in [1.807, 2.05) is 0 Å². The summed E-state index contributed by atoms with van der Waals surface area (Å²) >= 11 is 5.96. The summed E-state index contributed by atoms with van der Waals surface area (Å²) < 4.78 is 19.4. The molecule has 1 fully saturated rings. The van der Waals surface area contributed by atoms with Gasteiger partial charge in [0.1, 0.15) is 6.10 Å². The van der Waals surface area contributed by atoms with E-state index in [-0.39, 0.29) is 17.7 Å². The smallest absolute Gasteiger partial charge is 0.173 e. The van der Waals surface area contributed by atoms with Crippen molar-refractivity contribution in [2.45, 2.75) is 25.9 Å². The van der Waals surface area contributed by atoms with Crippen LogP contribution in [-0.2, 0) is 0 Å². The number of benzene rings is 1. The lowest BCUT2D eigenvalue weighted by Gasteiger charge is -2.23. The Balaban J connectivity index is 2.12. The van der Waals surface area contributed by atoms with E-state index in [9.17, 15) is 4.39 Å². The second-order valence-corrected chi connectivity index (χ2v) is 4.78. The molecule has 2 nitrogen and oxygen atoms in total. The van der Waals surface area contributed by atoms with E-state index in [4.69, 9.17) is 16.3 Å². The van der Waals surface area contributed by atoms with Crippen LogP contribution >= 0.6 is 11.6 Å². The molecule has 0 spiro atoms. The van der Waals surface area contributed by atoms with Crippen LogP contribution in [0.15, 0.2) is 18.2 Å². The Hall–Kier alpha value is -0.800. The van der Waals surface area contributed by atoms with Gasteiger partial charge in [-0.05, 0) is 31.5 Å². The SMILES string of the molecule is CCC(Oc1c(F)cccc1Cl)C1CCNC1. The lowest BCUT2D eigenvalue weighted by Crippen LogP contribution is -2.28. The van der Waals surface area contributed by atoms with Crippen LogP contribution in [0.1, 0.15) is 19.8 Å². The van der Waals surface area contributed by atoms with E-state index in [1.165, 1.54) is 6.07 Å². The van der Waals surface area contributed by atoms with Crippen LogP contribution in [-0.4, -0.2) is 19.2 Å². The lowest BCUT2D eigenvalue weighted by atomic mass is 9.99. The van der Waals surface area contributed by atoms with Crippen molar-refractivity contribution >= 4 is 11.6 Å². The Morgan fingerprint density at radius 1 is 1.59 bits per heavy atom. The molecule has 2 atom stereocenters. The number of halogens is 2. The van der Waals surface area contributed by atoms with Gasteiger partial charge in [-0.2, -0.15) is 0 Å². The summed E-state index contributed by atoms with van der Waals surface area (Å²) in [6, 6.07) is 4.61. The molecule has 0 amide bonds. The van der Waals surface area contributed by atoms with Crippen molar-refractivity contribution in [2.75, 3.05) is 13.1 Å². The van der Waals surface area contributed by atoms with Gasteiger partial charge in [-0.1, -0.05) is 24.6 Å². The number of hydrogen-bond donors (Lipinski definition) is 1. The Morgan fingerprint density at radius 2 is 2.41 bits per heavy atom. The molecule has 1 saturated heterocycles. The molecule has 1 aromatic rings. The van der Waals surface area contributed by atoms with E-state index in [0.717, 1.165) is 25.9 Å². The van der Waals surface area contributed by atoms with Gasteiger partial charge in [0.2, 0.25) is 0 Å². The first-order valence-electron chi connectivity index (χ1n) is 6.03. The molecule has 1 aliphatic rings. The number of rotatable bonds is 4. The molecule has 2 rings (SSSR count). The highest BCUT2D eigenvalue weighted by Gasteiger charge is 2.26. The third-order valence-electron chi connectivity index (χ3n) is 3.21. The van der Waals surface area contributed by atoms with E-state index < -0.39 is 0 Å². The summed E-state index contributed by atoms with van der Waals surface area (Å²) in [7, 11) is 0. The molecule has 17 heavy (non-hydrogen) atoms. The van der Waals surface area contributed by atoms with E-state index >= 15 is 0 Å². The van der Waals surface area contributed by atoms with Crippen LogP contribution < -0.4 is 10.1 Å². The first-order chi connectivity index (χ1) is 8.22. The highest BCUT2D eigenvalue weighted by Crippen LogP contribution is 2.31. The van der Waals surface area contributed by atoms with Crippen molar-refractivity contribution in [1.82, 2.24) is 5.32 Å². The standard InChI is InChI=1S/C13H17ClFNO/c1-2-12(9-6-7-16-8-9)17-13-10(14)4-3-5-11(13)15/h3-5,9,12,16H,2,6-8H2,1H3. The molecule has 1 N–H and O–H groups in total. The number of para-hydroxylation sites is 1. The molecule has 1 aromatic carbocycles. The second-order valence-electron chi connectivity index (χ2n) is 4.37. The maximum Gasteiger partial charge on any atom is 0.173 e. The fourth-order valence-corrected chi connectivity index (χ4v) is 2.46. The second kappa shape index (κ2) is 5.69. The van der Waals surface area contributed by atoms with Crippen LogP contribution in [0.25, 0.3) is 0 Å². The number of hydrogen-bond acceptors (Lipinski definition) is 2. The van der Waals surface area contributed by atoms with E-state index in [1.54, 1.807) is 12.1 Å². The lowest BCUT2D eigenvalue weighted by molar-refractivity contribution is 0.133. The first kappa shape index (κ1) is 12.7. The highest BCUT2D eigenvalue weighted by molar-refractivity contribution is 6.32. The van der Waals surface area contributed by atoms with Crippen molar-refractivity contribution < 1.29 is 9.13 Å². The Bertz CT molecular complexity index is 359. The maximum absolute atomic E-state index is 13.6. The minimum Gasteiger partial charge on any atom is -0.485 e. The first-order valence-corrected chi connectivity index (χ1v) is 6.41. The molecule has 2 unspecified atom stereocenters. The molecule has 1 heterocycles. The summed E-state index contributed by atoms with van der Waals surface area (Å²) in [6.07, 6.45) is 1.96. The fraction of sp³-hybridized carbons (Fsp3) is 0.538. The van der Waals surface area contributed by atoms with Crippen molar-refractivity contribution in [2.24, 2.45) is 5.92 Å². The third-order valence-corrected chi connectivity index (χ3v) is 3.51. The van der Waals surface area contributed by atoms with Gasteiger partial charge in [0, 0.05) is 12.5 Å². The molecule has 0 aliphatic carbocycles. The van der Waals surface area contributed by atoms with Crippen LogP contribution in [0.4, 0.5) is 4.39 Å². The van der Waals surface area contributed by atoms with Gasteiger partial charge in [0.05, 0.1) is 5.02 Å².